The molecule has 0 aliphatic carbocycles. The molecular formula is C31H33N3O4. The highest BCUT2D eigenvalue weighted by atomic mass is 16.5. The smallest absolute Gasteiger partial charge is 0.344 e. The highest BCUT2D eigenvalue weighted by Crippen LogP contribution is 2.34. The molecular weight excluding hydrogens is 478 g/mol. The topological polar surface area (TPSA) is 105 Å². The number of ether oxygens (including phenoxy) is 1. The summed E-state index contributed by atoms with van der Waals surface area (Å²) in [6, 6.07) is 16.9. The number of rotatable bonds is 9. The second kappa shape index (κ2) is 11.4. The molecule has 1 aromatic heterocycles. The van der Waals surface area contributed by atoms with Crippen molar-refractivity contribution in [3.8, 4) is 45.7 Å². The zero-order valence-electron chi connectivity index (χ0n) is 22.4. The quantitative estimate of drug-likeness (QED) is 0.254. The lowest BCUT2D eigenvalue weighted by atomic mass is 10.0. The molecule has 7 heteroatoms. The molecule has 2 N–H and O–H groups in total. The minimum absolute atomic E-state index is 0.105. The number of aromatic hydroxyl groups is 1. The Morgan fingerprint density at radius 2 is 1.29 bits per heavy atom. The average molecular weight is 512 g/mol. The summed E-state index contributed by atoms with van der Waals surface area (Å²) in [5.74, 6) is 0.463. The van der Waals surface area contributed by atoms with Crippen LogP contribution in [0.15, 0.2) is 54.6 Å². The van der Waals surface area contributed by atoms with Crippen LogP contribution in [0.5, 0.6) is 11.5 Å². The summed E-state index contributed by atoms with van der Waals surface area (Å²) in [5.41, 5.74) is 6.51. The second-order valence-corrected chi connectivity index (χ2v) is 9.71. The molecule has 38 heavy (non-hydrogen) atoms. The number of aromatic nitrogens is 3. The van der Waals surface area contributed by atoms with E-state index < -0.39 is 12.1 Å². The van der Waals surface area contributed by atoms with E-state index in [2.05, 4.69) is 12.1 Å². The minimum atomic E-state index is -1.03. The number of aryl methyl sites for hydroxylation is 4. The van der Waals surface area contributed by atoms with E-state index >= 15 is 0 Å². The van der Waals surface area contributed by atoms with Gasteiger partial charge in [0, 0.05) is 17.2 Å². The van der Waals surface area contributed by atoms with Gasteiger partial charge in [0.05, 0.1) is 5.56 Å². The lowest BCUT2D eigenvalue weighted by Crippen LogP contribution is -2.26. The Bertz CT molecular complexity index is 1410. The third-order valence-electron chi connectivity index (χ3n) is 6.46. The largest absolute Gasteiger partial charge is 0.507 e. The van der Waals surface area contributed by atoms with Gasteiger partial charge in [0.2, 0.25) is 0 Å². The molecule has 4 rings (SSSR count). The molecule has 0 aliphatic heterocycles. The SMILES string of the molecule is CCCCC(Oc1ccc(-c2nc(-c3ccc(C)cc3C)nc(-c3ccc(C)cc3C)n2)c(O)c1)C(=O)O. The highest BCUT2D eigenvalue weighted by Gasteiger charge is 2.21. The molecule has 0 spiro atoms. The molecule has 0 radical (unpaired) electrons. The number of carboxylic acid groups (broad SMARTS) is 1. The van der Waals surface area contributed by atoms with Gasteiger partial charge in [-0.1, -0.05) is 60.9 Å². The maximum Gasteiger partial charge on any atom is 0.344 e. The summed E-state index contributed by atoms with van der Waals surface area (Å²) >= 11 is 0. The van der Waals surface area contributed by atoms with E-state index in [1.165, 1.54) is 6.07 Å². The number of carboxylic acids is 1. The van der Waals surface area contributed by atoms with Crippen LogP contribution in [0.25, 0.3) is 34.2 Å². The second-order valence-electron chi connectivity index (χ2n) is 9.71. The molecule has 0 amide bonds. The first-order valence-corrected chi connectivity index (χ1v) is 12.8. The van der Waals surface area contributed by atoms with Crippen LogP contribution in [0.3, 0.4) is 0 Å². The number of hydrogen-bond donors (Lipinski definition) is 2. The van der Waals surface area contributed by atoms with Gasteiger partial charge in [0.1, 0.15) is 11.5 Å². The summed E-state index contributed by atoms with van der Waals surface area (Å²) in [7, 11) is 0. The lowest BCUT2D eigenvalue weighted by Gasteiger charge is -2.16. The normalized spacial score (nSPS) is 11.8. The molecule has 0 aliphatic rings. The maximum absolute atomic E-state index is 11.6. The van der Waals surface area contributed by atoms with Crippen molar-refractivity contribution in [3.63, 3.8) is 0 Å². The minimum Gasteiger partial charge on any atom is -0.507 e. The Kier molecular flexibility index (Phi) is 8.05. The number of phenolic OH excluding ortho intramolecular Hbond substituents is 1. The third kappa shape index (κ3) is 5.99. The van der Waals surface area contributed by atoms with Gasteiger partial charge in [-0.3, -0.25) is 0 Å². The molecule has 0 saturated carbocycles. The fourth-order valence-corrected chi connectivity index (χ4v) is 4.43. The summed E-state index contributed by atoms with van der Waals surface area (Å²) < 4.78 is 5.68. The van der Waals surface area contributed by atoms with Crippen molar-refractivity contribution in [2.75, 3.05) is 0 Å². The molecule has 0 fully saturated rings. The molecule has 0 bridgehead atoms. The van der Waals surface area contributed by atoms with Gasteiger partial charge < -0.3 is 14.9 Å². The van der Waals surface area contributed by atoms with Crippen molar-refractivity contribution in [1.29, 1.82) is 0 Å². The molecule has 7 nitrogen and oxygen atoms in total. The van der Waals surface area contributed by atoms with Crippen molar-refractivity contribution in [1.82, 2.24) is 15.0 Å². The summed E-state index contributed by atoms with van der Waals surface area (Å²) in [5, 5.41) is 20.5. The number of unbranched alkanes of at least 4 members (excludes halogenated alkanes) is 1. The van der Waals surface area contributed by atoms with Crippen LogP contribution in [0, 0.1) is 27.7 Å². The van der Waals surface area contributed by atoms with Gasteiger partial charge in [-0.15, -0.1) is 0 Å². The number of nitrogens with zero attached hydrogens (tertiary/aromatic N) is 3. The van der Waals surface area contributed by atoms with E-state index in [1.807, 2.05) is 58.9 Å². The van der Waals surface area contributed by atoms with Gasteiger partial charge in [-0.25, -0.2) is 19.7 Å². The number of phenols is 1. The fourth-order valence-electron chi connectivity index (χ4n) is 4.43. The monoisotopic (exact) mass is 511 g/mol. The van der Waals surface area contributed by atoms with Crippen molar-refractivity contribution in [3.05, 3.63) is 76.9 Å². The van der Waals surface area contributed by atoms with Crippen LogP contribution in [0.1, 0.15) is 48.4 Å². The van der Waals surface area contributed by atoms with Crippen molar-refractivity contribution < 1.29 is 19.7 Å². The number of carbonyl (C=O) groups is 1. The van der Waals surface area contributed by atoms with E-state index in [1.54, 1.807) is 12.1 Å². The van der Waals surface area contributed by atoms with Crippen molar-refractivity contribution in [2.45, 2.75) is 60.0 Å². The van der Waals surface area contributed by atoms with Crippen molar-refractivity contribution in [2.24, 2.45) is 0 Å². The molecule has 3 aromatic carbocycles. The van der Waals surface area contributed by atoms with Crippen molar-refractivity contribution >= 4 is 5.97 Å². The molecule has 196 valence electrons. The maximum atomic E-state index is 11.6. The van der Waals surface area contributed by atoms with Gasteiger partial charge in [0.25, 0.3) is 0 Å². The fraction of sp³-hybridized carbons (Fsp3) is 0.290. The van der Waals surface area contributed by atoms with E-state index in [4.69, 9.17) is 19.7 Å². The van der Waals surface area contributed by atoms with Crippen LogP contribution in [-0.4, -0.2) is 37.2 Å². The lowest BCUT2D eigenvalue weighted by molar-refractivity contribution is -0.145. The van der Waals surface area contributed by atoms with Crippen LogP contribution in [0.2, 0.25) is 0 Å². The van der Waals surface area contributed by atoms with Crippen LogP contribution in [-0.2, 0) is 4.79 Å². The molecule has 1 atom stereocenters. The van der Waals surface area contributed by atoms with Crippen LogP contribution in [0.4, 0.5) is 0 Å². The Hall–Kier alpha value is -4.26. The number of hydrogen-bond acceptors (Lipinski definition) is 6. The van der Waals surface area contributed by atoms with Gasteiger partial charge in [-0.2, -0.15) is 0 Å². The summed E-state index contributed by atoms with van der Waals surface area (Å²) in [6.45, 7) is 10.1. The van der Waals surface area contributed by atoms with Crippen LogP contribution >= 0.6 is 0 Å². The van der Waals surface area contributed by atoms with E-state index in [9.17, 15) is 15.0 Å². The first-order chi connectivity index (χ1) is 18.2. The summed E-state index contributed by atoms with van der Waals surface area (Å²) in [6.07, 6.45) is 1.00. The van der Waals surface area contributed by atoms with Gasteiger partial charge in [-0.05, 0) is 63.8 Å². The summed E-state index contributed by atoms with van der Waals surface area (Å²) in [4.78, 5) is 25.9. The molecule has 0 saturated heterocycles. The molecule has 1 heterocycles. The average Bonchev–Trinajstić information content (AvgIpc) is 2.86. The molecule has 4 aromatic rings. The Morgan fingerprint density at radius 3 is 1.74 bits per heavy atom. The number of aliphatic carboxylic acids is 1. The van der Waals surface area contributed by atoms with E-state index in [0.29, 0.717) is 29.5 Å². The predicted molar refractivity (Wildman–Crippen MR) is 148 cm³/mol. The third-order valence-corrected chi connectivity index (χ3v) is 6.46. The number of benzene rings is 3. The predicted octanol–water partition coefficient (Wildman–Crippen LogP) is 6.83. The van der Waals surface area contributed by atoms with E-state index in [-0.39, 0.29) is 11.5 Å². The van der Waals surface area contributed by atoms with Crippen LogP contribution < -0.4 is 4.74 Å². The zero-order chi connectivity index (χ0) is 27.4. The standard InChI is InChI=1S/C31H33N3O4/c1-6-7-8-27(31(36)37)38-22-11-14-25(26(35)17-22)30-33-28(23-12-9-18(2)15-20(23)4)32-29(34-30)24-13-10-19(3)16-21(24)5/h9-17,27,35H,6-8H2,1-5H3,(H,36,37). The molecule has 1 unspecified atom stereocenters. The van der Waals surface area contributed by atoms with E-state index in [0.717, 1.165) is 46.2 Å². The Balaban J connectivity index is 1.80. The zero-order valence-corrected chi connectivity index (χ0v) is 22.4. The first kappa shape index (κ1) is 26.8. The highest BCUT2D eigenvalue weighted by molar-refractivity contribution is 5.74. The Labute approximate surface area is 223 Å². The first-order valence-electron chi connectivity index (χ1n) is 12.8. The Morgan fingerprint density at radius 1 is 0.789 bits per heavy atom. The van der Waals surface area contributed by atoms with Gasteiger partial charge in [0.15, 0.2) is 23.6 Å². The van der Waals surface area contributed by atoms with Gasteiger partial charge >= 0.3 is 5.97 Å².